The van der Waals surface area contributed by atoms with Gasteiger partial charge in [-0.2, -0.15) is 0 Å². The van der Waals surface area contributed by atoms with E-state index in [-0.39, 0.29) is 32.6 Å². The van der Waals surface area contributed by atoms with Gasteiger partial charge in [-0.05, 0) is 26.7 Å². The molecule has 0 saturated carbocycles. The number of piperidine rings is 1. The largest absolute Gasteiger partial charge is 0.464 e. The number of amides is 1. The van der Waals surface area contributed by atoms with Crippen LogP contribution < -0.4 is 0 Å². The van der Waals surface area contributed by atoms with E-state index in [0.717, 1.165) is 4.90 Å². The second-order valence-corrected chi connectivity index (χ2v) is 4.62. The number of nitrogens with zero attached hydrogens (tertiary/aromatic N) is 1. The van der Waals surface area contributed by atoms with E-state index in [1.807, 2.05) is 0 Å². The lowest BCUT2D eigenvalue weighted by Crippen LogP contribution is -2.66. The summed E-state index contributed by atoms with van der Waals surface area (Å²) in [7, 11) is 0. The second kappa shape index (κ2) is 6.69. The lowest BCUT2D eigenvalue weighted by atomic mass is 9.85. The topological polar surface area (TPSA) is 93.1 Å². The molecule has 1 saturated heterocycles. The van der Waals surface area contributed by atoms with Crippen molar-refractivity contribution in [2.24, 2.45) is 0 Å². The number of rotatable bonds is 4. The third-order valence-corrected chi connectivity index (χ3v) is 3.30. The molecule has 0 radical (unpaired) electrons. The van der Waals surface area contributed by atoms with E-state index < -0.39 is 29.5 Å². The molecule has 1 fully saturated rings. The van der Waals surface area contributed by atoms with Crippen LogP contribution >= 0.6 is 0 Å². The Morgan fingerprint density at radius 2 is 1.70 bits per heavy atom. The molecule has 0 aromatic carbocycles. The number of carbonyl (C=O) groups excluding carboxylic acids is 3. The molecule has 0 aromatic rings. The van der Waals surface area contributed by atoms with E-state index in [0.29, 0.717) is 0 Å². The van der Waals surface area contributed by atoms with Crippen molar-refractivity contribution in [3.63, 3.8) is 0 Å². The standard InChI is InChI=1S/C13H21NO6/c1-4-19-11(17)13(12(18)20-5-2)7-6-10(16)8-14(13)9(3)15/h10,16H,4-8H2,1-3H3/t10-/m0/s1. The number of β-amino-alcohol motifs (C(OH)–C–C–N with tert-alkyl or cyclic N) is 1. The van der Waals surface area contributed by atoms with Gasteiger partial charge in [0.25, 0.3) is 0 Å². The van der Waals surface area contributed by atoms with Gasteiger partial charge in [-0.15, -0.1) is 0 Å². The molecule has 1 rings (SSSR count). The van der Waals surface area contributed by atoms with E-state index in [1.54, 1.807) is 13.8 Å². The van der Waals surface area contributed by atoms with Crippen LogP contribution in [0.25, 0.3) is 0 Å². The molecule has 1 amide bonds. The minimum absolute atomic E-state index is 0.00852. The predicted molar refractivity (Wildman–Crippen MR) is 68.6 cm³/mol. The molecule has 20 heavy (non-hydrogen) atoms. The number of carbonyl (C=O) groups is 3. The molecular weight excluding hydrogens is 266 g/mol. The number of likely N-dealkylation sites (tertiary alicyclic amines) is 1. The van der Waals surface area contributed by atoms with E-state index in [9.17, 15) is 19.5 Å². The van der Waals surface area contributed by atoms with Crippen LogP contribution in [0.15, 0.2) is 0 Å². The van der Waals surface area contributed by atoms with Gasteiger partial charge in [-0.1, -0.05) is 0 Å². The third kappa shape index (κ3) is 2.92. The Balaban J connectivity index is 3.22. The second-order valence-electron chi connectivity index (χ2n) is 4.62. The minimum atomic E-state index is -1.78. The van der Waals surface area contributed by atoms with E-state index in [2.05, 4.69) is 0 Å². The van der Waals surface area contributed by atoms with Crippen molar-refractivity contribution in [2.45, 2.75) is 45.3 Å². The maximum atomic E-state index is 12.3. The SMILES string of the molecule is CCOC(=O)C1(C(=O)OCC)CC[C@H](O)CN1C(C)=O. The average molecular weight is 287 g/mol. The Kier molecular flexibility index (Phi) is 5.50. The number of aliphatic hydroxyl groups is 1. The third-order valence-electron chi connectivity index (χ3n) is 3.30. The number of ether oxygens (including phenoxy) is 2. The highest BCUT2D eigenvalue weighted by Crippen LogP contribution is 2.31. The van der Waals surface area contributed by atoms with Gasteiger partial charge < -0.3 is 19.5 Å². The first kappa shape index (κ1) is 16.4. The normalized spacial score (nSPS) is 21.2. The lowest BCUT2D eigenvalue weighted by molar-refractivity contribution is -0.184. The van der Waals surface area contributed by atoms with Gasteiger partial charge in [-0.3, -0.25) is 4.79 Å². The fourth-order valence-corrected chi connectivity index (χ4v) is 2.37. The summed E-state index contributed by atoms with van der Waals surface area (Å²) >= 11 is 0. The van der Waals surface area contributed by atoms with Crippen LogP contribution in [0.5, 0.6) is 0 Å². The van der Waals surface area contributed by atoms with Crippen molar-refractivity contribution in [1.29, 1.82) is 0 Å². The summed E-state index contributed by atoms with van der Waals surface area (Å²) in [6, 6.07) is 0. The van der Waals surface area contributed by atoms with Gasteiger partial charge >= 0.3 is 11.9 Å². The van der Waals surface area contributed by atoms with Crippen LogP contribution in [0.4, 0.5) is 0 Å². The first-order valence-corrected chi connectivity index (χ1v) is 6.70. The number of hydrogen-bond donors (Lipinski definition) is 1. The highest BCUT2D eigenvalue weighted by molar-refractivity contribution is 6.07. The van der Waals surface area contributed by atoms with Crippen LogP contribution in [-0.4, -0.2) is 59.3 Å². The van der Waals surface area contributed by atoms with Gasteiger partial charge in [0.1, 0.15) is 0 Å². The zero-order valence-electron chi connectivity index (χ0n) is 12.0. The van der Waals surface area contributed by atoms with Gasteiger partial charge in [0, 0.05) is 13.5 Å². The van der Waals surface area contributed by atoms with E-state index >= 15 is 0 Å². The summed E-state index contributed by atoms with van der Waals surface area (Å²) in [5, 5.41) is 9.69. The quantitative estimate of drug-likeness (QED) is 0.571. The van der Waals surface area contributed by atoms with Crippen molar-refractivity contribution in [1.82, 2.24) is 4.90 Å². The van der Waals surface area contributed by atoms with Crippen LogP contribution in [0.2, 0.25) is 0 Å². The first-order valence-electron chi connectivity index (χ1n) is 6.70. The van der Waals surface area contributed by atoms with E-state index in [1.165, 1.54) is 6.92 Å². The molecule has 0 aromatic heterocycles. The molecule has 114 valence electrons. The Morgan fingerprint density at radius 3 is 2.10 bits per heavy atom. The zero-order chi connectivity index (χ0) is 15.3. The van der Waals surface area contributed by atoms with Crippen LogP contribution in [0.3, 0.4) is 0 Å². The maximum Gasteiger partial charge on any atom is 0.343 e. The van der Waals surface area contributed by atoms with Gasteiger partial charge in [0.05, 0.1) is 19.3 Å². The average Bonchev–Trinajstić information content (AvgIpc) is 2.39. The van der Waals surface area contributed by atoms with E-state index in [4.69, 9.17) is 9.47 Å². The van der Waals surface area contributed by atoms with Crippen molar-refractivity contribution in [3.05, 3.63) is 0 Å². The predicted octanol–water partition coefficient (Wildman–Crippen LogP) is -0.145. The Bertz CT molecular complexity index is 376. The molecule has 1 heterocycles. The molecule has 7 heteroatoms. The highest BCUT2D eigenvalue weighted by Gasteiger charge is 2.57. The Hall–Kier alpha value is -1.63. The van der Waals surface area contributed by atoms with Crippen molar-refractivity contribution in [3.8, 4) is 0 Å². The summed E-state index contributed by atoms with van der Waals surface area (Å²) in [5.41, 5.74) is -1.78. The number of esters is 2. The van der Waals surface area contributed by atoms with Gasteiger partial charge in [0.15, 0.2) is 0 Å². The Labute approximate surface area is 117 Å². The molecule has 7 nitrogen and oxygen atoms in total. The fourth-order valence-electron chi connectivity index (χ4n) is 2.37. The summed E-state index contributed by atoms with van der Waals surface area (Å²) in [4.78, 5) is 37.3. The van der Waals surface area contributed by atoms with Crippen LogP contribution in [0, 0.1) is 0 Å². The highest BCUT2D eigenvalue weighted by atomic mass is 16.6. The lowest BCUT2D eigenvalue weighted by Gasteiger charge is -2.43. The summed E-state index contributed by atoms with van der Waals surface area (Å²) in [5.74, 6) is -2.09. The summed E-state index contributed by atoms with van der Waals surface area (Å²) in [6.07, 6.45) is -0.553. The molecular formula is C13H21NO6. The number of hydrogen-bond acceptors (Lipinski definition) is 6. The summed E-state index contributed by atoms with van der Waals surface area (Å²) < 4.78 is 9.91. The van der Waals surface area contributed by atoms with Crippen molar-refractivity contribution in [2.75, 3.05) is 19.8 Å². The molecule has 1 aliphatic rings. The minimum Gasteiger partial charge on any atom is -0.464 e. The fraction of sp³-hybridized carbons (Fsp3) is 0.769. The summed E-state index contributed by atoms with van der Waals surface area (Å²) in [6.45, 7) is 4.57. The molecule has 0 unspecified atom stereocenters. The van der Waals surface area contributed by atoms with Crippen LogP contribution in [0.1, 0.15) is 33.6 Å². The van der Waals surface area contributed by atoms with Gasteiger partial charge in [0.2, 0.25) is 11.4 Å². The first-order chi connectivity index (χ1) is 9.40. The molecule has 0 bridgehead atoms. The molecule has 0 spiro atoms. The molecule has 1 aliphatic heterocycles. The van der Waals surface area contributed by atoms with Crippen molar-refractivity contribution < 1.29 is 29.0 Å². The van der Waals surface area contributed by atoms with Crippen LogP contribution in [-0.2, 0) is 23.9 Å². The molecule has 1 N–H and O–H groups in total. The maximum absolute atomic E-state index is 12.3. The smallest absolute Gasteiger partial charge is 0.343 e. The number of aliphatic hydroxyl groups excluding tert-OH is 1. The zero-order valence-corrected chi connectivity index (χ0v) is 12.0. The molecule has 1 atom stereocenters. The van der Waals surface area contributed by atoms with Gasteiger partial charge in [-0.25, -0.2) is 9.59 Å². The molecule has 0 aliphatic carbocycles. The van der Waals surface area contributed by atoms with Crippen molar-refractivity contribution >= 4 is 17.8 Å². The monoisotopic (exact) mass is 287 g/mol. The Morgan fingerprint density at radius 1 is 1.20 bits per heavy atom.